The molecule has 2 aliphatic rings. The second-order valence-corrected chi connectivity index (χ2v) is 8.44. The molecule has 1 fully saturated rings. The third-order valence-corrected chi connectivity index (χ3v) is 6.40. The molecule has 0 aliphatic carbocycles. The van der Waals surface area contributed by atoms with Crippen molar-refractivity contribution in [2.45, 2.75) is 25.0 Å². The van der Waals surface area contributed by atoms with Gasteiger partial charge < -0.3 is 5.32 Å². The Balaban J connectivity index is 1.49. The summed E-state index contributed by atoms with van der Waals surface area (Å²) >= 11 is 6.41. The maximum absolute atomic E-state index is 13.7. The predicted octanol–water partition coefficient (Wildman–Crippen LogP) is 4.94. The third kappa shape index (κ3) is 3.66. The number of nitrogens with one attached hydrogen (secondary N) is 1. The van der Waals surface area contributed by atoms with E-state index in [4.69, 9.17) is 11.6 Å². The largest absolute Gasteiger partial charge is 0.362 e. The summed E-state index contributed by atoms with van der Waals surface area (Å²) in [7, 11) is 0. The Bertz CT molecular complexity index is 1120. The van der Waals surface area contributed by atoms with E-state index in [0.717, 1.165) is 31.0 Å². The fourth-order valence-corrected chi connectivity index (χ4v) is 4.80. The number of carbonyl (C=O) groups excluding carboxylic acids is 1. The molecule has 0 saturated carbocycles. The van der Waals surface area contributed by atoms with E-state index in [0.29, 0.717) is 24.1 Å². The van der Waals surface area contributed by atoms with Gasteiger partial charge in [0, 0.05) is 44.4 Å². The van der Waals surface area contributed by atoms with Gasteiger partial charge in [0.2, 0.25) is 0 Å². The summed E-state index contributed by atoms with van der Waals surface area (Å²) in [5, 5.41) is 3.85. The number of carbonyl (C=O) groups is 1. The Kier molecular flexibility index (Phi) is 5.12. The number of pyridine rings is 1. The number of anilines is 2. The second kappa shape index (κ2) is 7.94. The van der Waals surface area contributed by atoms with Gasteiger partial charge in [0.05, 0.1) is 22.0 Å². The summed E-state index contributed by atoms with van der Waals surface area (Å²) in [5.41, 5.74) is 2.32. The lowest BCUT2D eigenvalue weighted by Crippen LogP contribution is -2.64. The Hall–Kier alpha value is -2.96. The molecule has 5 nitrogen and oxygen atoms in total. The van der Waals surface area contributed by atoms with Crippen LogP contribution >= 0.6 is 11.6 Å². The molecule has 1 saturated heterocycles. The molecule has 5 rings (SSSR count). The number of aromatic nitrogens is 1. The zero-order valence-corrected chi connectivity index (χ0v) is 17.6. The van der Waals surface area contributed by atoms with E-state index in [1.165, 1.54) is 12.1 Å². The van der Waals surface area contributed by atoms with E-state index in [-0.39, 0.29) is 10.9 Å². The molecule has 0 radical (unpaired) electrons. The first-order chi connectivity index (χ1) is 15.1. The van der Waals surface area contributed by atoms with Crippen molar-refractivity contribution in [2.75, 3.05) is 23.3 Å². The fourth-order valence-electron chi connectivity index (χ4n) is 4.55. The Morgan fingerprint density at radius 3 is 2.58 bits per heavy atom. The number of hydrogen-bond acceptors (Lipinski definition) is 4. The van der Waals surface area contributed by atoms with Crippen LogP contribution in [0.25, 0.3) is 0 Å². The van der Waals surface area contributed by atoms with Gasteiger partial charge in [-0.2, -0.15) is 0 Å². The monoisotopic (exact) mass is 436 g/mol. The van der Waals surface area contributed by atoms with Crippen LogP contribution in [0.15, 0.2) is 66.9 Å². The standard InChI is InChI=1S/C24H22ClFN4O/c25-20-15-17(26)8-9-22(20)30-23(31)19-6-1-2-7-21(19)28-24(30)10-13-29(14-11-24)16-18-5-3-4-12-27-18/h1-9,12,15,28H,10-11,13-14,16H2. The predicted molar refractivity (Wildman–Crippen MR) is 120 cm³/mol. The lowest BCUT2D eigenvalue weighted by atomic mass is 9.89. The number of fused-ring (bicyclic) bond motifs is 1. The van der Waals surface area contributed by atoms with Gasteiger partial charge in [-0.1, -0.05) is 29.8 Å². The highest BCUT2D eigenvalue weighted by Gasteiger charge is 2.47. The Morgan fingerprint density at radius 1 is 1.06 bits per heavy atom. The normalized spacial score (nSPS) is 18.0. The highest BCUT2D eigenvalue weighted by atomic mass is 35.5. The summed E-state index contributed by atoms with van der Waals surface area (Å²) < 4.78 is 13.7. The molecule has 1 N–H and O–H groups in total. The van der Waals surface area contributed by atoms with Crippen LogP contribution in [0.4, 0.5) is 15.8 Å². The quantitative estimate of drug-likeness (QED) is 0.631. The molecule has 158 valence electrons. The summed E-state index contributed by atoms with van der Waals surface area (Å²) in [5.74, 6) is -0.549. The average molecular weight is 437 g/mol. The molecule has 1 spiro atoms. The second-order valence-electron chi connectivity index (χ2n) is 8.04. The van der Waals surface area contributed by atoms with Gasteiger partial charge in [-0.15, -0.1) is 0 Å². The molecular weight excluding hydrogens is 415 g/mol. The molecule has 0 atom stereocenters. The van der Waals surface area contributed by atoms with Crippen LogP contribution in [0.5, 0.6) is 0 Å². The van der Waals surface area contributed by atoms with Crippen molar-refractivity contribution < 1.29 is 9.18 Å². The number of rotatable bonds is 3. The molecule has 0 bridgehead atoms. The molecule has 1 aromatic heterocycles. The van der Waals surface area contributed by atoms with E-state index >= 15 is 0 Å². The molecule has 2 aliphatic heterocycles. The van der Waals surface area contributed by atoms with Gasteiger partial charge in [-0.3, -0.25) is 19.6 Å². The van der Waals surface area contributed by atoms with Gasteiger partial charge >= 0.3 is 0 Å². The summed E-state index contributed by atoms with van der Waals surface area (Å²) in [6, 6.07) is 17.6. The maximum Gasteiger partial charge on any atom is 0.262 e. The van der Waals surface area contributed by atoms with Crippen molar-refractivity contribution in [1.29, 1.82) is 0 Å². The summed E-state index contributed by atoms with van der Waals surface area (Å²) in [4.78, 5) is 22.1. The third-order valence-electron chi connectivity index (χ3n) is 6.10. The first-order valence-electron chi connectivity index (χ1n) is 10.3. The SMILES string of the molecule is O=C1c2ccccc2NC2(CCN(Cc3ccccn3)CC2)N1c1ccc(F)cc1Cl. The van der Waals surface area contributed by atoms with Crippen LogP contribution in [0, 0.1) is 5.82 Å². The van der Waals surface area contributed by atoms with E-state index in [1.54, 1.807) is 23.2 Å². The number of nitrogens with zero attached hydrogens (tertiary/aromatic N) is 3. The van der Waals surface area contributed by atoms with Crippen LogP contribution in [0.2, 0.25) is 5.02 Å². The lowest BCUT2D eigenvalue weighted by Gasteiger charge is -2.52. The number of para-hydroxylation sites is 1. The Labute approximate surface area is 185 Å². The van der Waals surface area contributed by atoms with E-state index < -0.39 is 11.5 Å². The van der Waals surface area contributed by atoms with Gasteiger partial charge in [0.25, 0.3) is 5.91 Å². The number of piperidine rings is 1. The molecule has 0 unspecified atom stereocenters. The summed E-state index contributed by atoms with van der Waals surface area (Å²) in [6.07, 6.45) is 3.21. The minimum Gasteiger partial charge on any atom is -0.362 e. The molecule has 31 heavy (non-hydrogen) atoms. The Morgan fingerprint density at radius 2 is 1.84 bits per heavy atom. The number of benzene rings is 2. The minimum atomic E-state index is -0.631. The molecule has 3 heterocycles. The zero-order valence-electron chi connectivity index (χ0n) is 16.9. The summed E-state index contributed by atoms with van der Waals surface area (Å²) in [6.45, 7) is 2.33. The van der Waals surface area contributed by atoms with Crippen molar-refractivity contribution in [3.8, 4) is 0 Å². The van der Waals surface area contributed by atoms with Crippen molar-refractivity contribution in [2.24, 2.45) is 0 Å². The van der Waals surface area contributed by atoms with Crippen LogP contribution in [0.1, 0.15) is 28.9 Å². The minimum absolute atomic E-state index is 0.124. The molecule has 2 aromatic carbocycles. The van der Waals surface area contributed by atoms with Gasteiger partial charge in [-0.25, -0.2) is 4.39 Å². The van der Waals surface area contributed by atoms with Gasteiger partial charge in [0.1, 0.15) is 11.5 Å². The van der Waals surface area contributed by atoms with Crippen molar-refractivity contribution in [3.63, 3.8) is 0 Å². The van der Waals surface area contributed by atoms with Gasteiger partial charge in [0.15, 0.2) is 0 Å². The number of amides is 1. The van der Waals surface area contributed by atoms with E-state index in [1.807, 2.05) is 36.4 Å². The van der Waals surface area contributed by atoms with Crippen molar-refractivity contribution in [3.05, 3.63) is 89.0 Å². The first-order valence-corrected chi connectivity index (χ1v) is 10.7. The van der Waals surface area contributed by atoms with Crippen LogP contribution in [0.3, 0.4) is 0 Å². The highest BCUT2D eigenvalue weighted by molar-refractivity contribution is 6.34. The van der Waals surface area contributed by atoms with Gasteiger partial charge in [-0.05, 0) is 42.5 Å². The van der Waals surface area contributed by atoms with Crippen LogP contribution in [-0.4, -0.2) is 34.5 Å². The van der Waals surface area contributed by atoms with Crippen LogP contribution in [-0.2, 0) is 6.54 Å². The molecule has 7 heteroatoms. The molecule has 3 aromatic rings. The van der Waals surface area contributed by atoms with Crippen molar-refractivity contribution >= 4 is 28.9 Å². The smallest absolute Gasteiger partial charge is 0.262 e. The fraction of sp³-hybridized carbons (Fsp3) is 0.250. The maximum atomic E-state index is 13.7. The average Bonchev–Trinajstić information content (AvgIpc) is 2.78. The van der Waals surface area contributed by atoms with Crippen molar-refractivity contribution in [1.82, 2.24) is 9.88 Å². The molecular formula is C24H22ClFN4O. The molecule has 1 amide bonds. The zero-order chi connectivity index (χ0) is 21.4. The highest BCUT2D eigenvalue weighted by Crippen LogP contribution is 2.43. The van der Waals surface area contributed by atoms with E-state index in [2.05, 4.69) is 15.2 Å². The number of halogens is 2. The topological polar surface area (TPSA) is 48.5 Å². The van der Waals surface area contributed by atoms with E-state index in [9.17, 15) is 9.18 Å². The lowest BCUT2D eigenvalue weighted by molar-refractivity contribution is 0.0903. The van der Waals surface area contributed by atoms with Crippen LogP contribution < -0.4 is 10.2 Å². The first kappa shape index (κ1) is 20.0. The number of likely N-dealkylation sites (tertiary alicyclic amines) is 1. The number of hydrogen-bond donors (Lipinski definition) is 1.